The summed E-state index contributed by atoms with van der Waals surface area (Å²) in [5.41, 5.74) is 5.34. The van der Waals surface area contributed by atoms with Crippen LogP contribution in [0.15, 0.2) is 18.5 Å². The molecule has 0 saturated heterocycles. The van der Waals surface area contributed by atoms with Crippen LogP contribution >= 0.6 is 0 Å². The van der Waals surface area contributed by atoms with Gasteiger partial charge in [-0.2, -0.15) is 14.7 Å². The molecule has 0 spiro atoms. The molecule has 1 atom stereocenters. The molecule has 3 rings (SSSR count). The summed E-state index contributed by atoms with van der Waals surface area (Å²) in [7, 11) is 1.94. The van der Waals surface area contributed by atoms with Crippen molar-refractivity contribution < 1.29 is 0 Å². The molecule has 3 aromatic rings. The Labute approximate surface area is 136 Å². The molecule has 3 heterocycles. The number of nitrogens with one attached hydrogen (secondary N) is 1. The molecule has 0 aliphatic heterocycles. The highest BCUT2D eigenvalue weighted by atomic mass is 15.3. The molecular formula is C17H24N6. The molecule has 0 bridgehead atoms. The fourth-order valence-corrected chi connectivity index (χ4v) is 2.78. The standard InChI is InChI=1S/C17H24N6/c1-6-14-8-16(23-17(19-14)11(3)12(4)21-23)20-15(7-2)13-9-18-22(5)10-13/h8-10,15,20H,6-7H2,1-5H3/t15-/m0/s1. The highest BCUT2D eigenvalue weighted by molar-refractivity contribution is 5.56. The van der Waals surface area contributed by atoms with Gasteiger partial charge in [0.2, 0.25) is 0 Å². The van der Waals surface area contributed by atoms with Crippen LogP contribution in [0.2, 0.25) is 0 Å². The zero-order valence-electron chi connectivity index (χ0n) is 14.5. The van der Waals surface area contributed by atoms with Crippen LogP contribution < -0.4 is 5.32 Å². The smallest absolute Gasteiger partial charge is 0.160 e. The fraction of sp³-hybridized carbons (Fsp3) is 0.471. The first-order valence-electron chi connectivity index (χ1n) is 8.14. The number of anilines is 1. The molecule has 6 heteroatoms. The van der Waals surface area contributed by atoms with Crippen molar-refractivity contribution in [2.75, 3.05) is 5.32 Å². The van der Waals surface area contributed by atoms with Gasteiger partial charge in [0.15, 0.2) is 5.65 Å². The van der Waals surface area contributed by atoms with E-state index in [0.717, 1.165) is 41.3 Å². The van der Waals surface area contributed by atoms with Crippen LogP contribution in [0.3, 0.4) is 0 Å². The molecule has 3 aromatic heterocycles. The van der Waals surface area contributed by atoms with E-state index in [0.29, 0.717) is 0 Å². The van der Waals surface area contributed by atoms with Gasteiger partial charge in [-0.1, -0.05) is 13.8 Å². The van der Waals surface area contributed by atoms with Crippen molar-refractivity contribution in [3.8, 4) is 0 Å². The Kier molecular flexibility index (Phi) is 4.07. The Hall–Kier alpha value is -2.37. The fourth-order valence-electron chi connectivity index (χ4n) is 2.78. The molecule has 0 aliphatic rings. The second kappa shape index (κ2) is 6.02. The molecule has 0 unspecified atom stereocenters. The van der Waals surface area contributed by atoms with E-state index in [1.54, 1.807) is 0 Å². The lowest BCUT2D eigenvalue weighted by Gasteiger charge is -2.18. The molecule has 122 valence electrons. The summed E-state index contributed by atoms with van der Waals surface area (Å²) in [6.07, 6.45) is 5.84. The summed E-state index contributed by atoms with van der Waals surface area (Å²) in [4.78, 5) is 4.73. The quantitative estimate of drug-likeness (QED) is 0.786. The van der Waals surface area contributed by atoms with E-state index in [1.165, 1.54) is 5.56 Å². The maximum absolute atomic E-state index is 4.73. The predicted octanol–water partition coefficient (Wildman–Crippen LogP) is 3.21. The summed E-state index contributed by atoms with van der Waals surface area (Å²) < 4.78 is 3.75. The van der Waals surface area contributed by atoms with Gasteiger partial charge in [-0.05, 0) is 26.7 Å². The van der Waals surface area contributed by atoms with Crippen molar-refractivity contribution in [1.82, 2.24) is 24.4 Å². The number of aromatic nitrogens is 5. The van der Waals surface area contributed by atoms with Crippen LogP contribution in [0.5, 0.6) is 0 Å². The number of hydrogen-bond acceptors (Lipinski definition) is 4. The molecule has 0 fully saturated rings. The SMILES string of the molecule is CCc1cc(N[C@@H](CC)c2cnn(C)c2)n2nc(C)c(C)c2n1. The van der Waals surface area contributed by atoms with Gasteiger partial charge in [0.25, 0.3) is 0 Å². The van der Waals surface area contributed by atoms with E-state index in [9.17, 15) is 0 Å². The van der Waals surface area contributed by atoms with Crippen molar-refractivity contribution in [2.24, 2.45) is 7.05 Å². The van der Waals surface area contributed by atoms with Gasteiger partial charge in [-0.25, -0.2) is 4.98 Å². The van der Waals surface area contributed by atoms with Crippen molar-refractivity contribution in [3.63, 3.8) is 0 Å². The molecule has 23 heavy (non-hydrogen) atoms. The Bertz CT molecular complexity index is 829. The first-order chi connectivity index (χ1) is 11.0. The maximum Gasteiger partial charge on any atom is 0.160 e. The van der Waals surface area contributed by atoms with Crippen molar-refractivity contribution in [1.29, 1.82) is 0 Å². The van der Waals surface area contributed by atoms with Crippen LogP contribution in [-0.4, -0.2) is 24.4 Å². The van der Waals surface area contributed by atoms with Gasteiger partial charge in [0, 0.05) is 36.1 Å². The highest BCUT2D eigenvalue weighted by Gasteiger charge is 2.16. The third-order valence-corrected chi connectivity index (χ3v) is 4.33. The number of rotatable bonds is 5. The van der Waals surface area contributed by atoms with E-state index in [2.05, 4.69) is 48.5 Å². The first-order valence-corrected chi connectivity index (χ1v) is 8.14. The van der Waals surface area contributed by atoms with Crippen LogP contribution in [-0.2, 0) is 13.5 Å². The Balaban J connectivity index is 2.05. The predicted molar refractivity (Wildman–Crippen MR) is 91.7 cm³/mol. The normalized spacial score (nSPS) is 12.7. The first kappa shape index (κ1) is 15.5. The summed E-state index contributed by atoms with van der Waals surface area (Å²) in [5, 5.41) is 12.6. The van der Waals surface area contributed by atoms with Gasteiger partial charge in [-0.3, -0.25) is 4.68 Å². The second-order valence-electron chi connectivity index (χ2n) is 5.98. The average molecular weight is 312 g/mol. The Morgan fingerprint density at radius 1 is 1.26 bits per heavy atom. The lowest BCUT2D eigenvalue weighted by Crippen LogP contribution is -2.13. The maximum atomic E-state index is 4.73. The highest BCUT2D eigenvalue weighted by Crippen LogP contribution is 2.25. The molecule has 0 radical (unpaired) electrons. The van der Waals surface area contributed by atoms with Gasteiger partial charge < -0.3 is 5.32 Å². The summed E-state index contributed by atoms with van der Waals surface area (Å²) >= 11 is 0. The largest absolute Gasteiger partial charge is 0.363 e. The summed E-state index contributed by atoms with van der Waals surface area (Å²) in [5.74, 6) is 0.985. The minimum Gasteiger partial charge on any atom is -0.363 e. The van der Waals surface area contributed by atoms with Gasteiger partial charge in [0.1, 0.15) is 5.82 Å². The summed E-state index contributed by atoms with van der Waals surface area (Å²) in [6, 6.07) is 2.29. The van der Waals surface area contributed by atoms with Crippen LogP contribution in [0.1, 0.15) is 48.8 Å². The molecule has 0 amide bonds. The molecule has 0 saturated carbocycles. The van der Waals surface area contributed by atoms with E-state index in [-0.39, 0.29) is 6.04 Å². The van der Waals surface area contributed by atoms with Gasteiger partial charge in [-0.15, -0.1) is 0 Å². The minimum absolute atomic E-state index is 0.198. The zero-order chi connectivity index (χ0) is 16.6. The van der Waals surface area contributed by atoms with Gasteiger partial charge >= 0.3 is 0 Å². The van der Waals surface area contributed by atoms with Crippen molar-refractivity contribution in [2.45, 2.75) is 46.6 Å². The van der Waals surface area contributed by atoms with Crippen LogP contribution in [0.25, 0.3) is 5.65 Å². The van der Waals surface area contributed by atoms with E-state index in [4.69, 9.17) is 4.98 Å². The zero-order valence-corrected chi connectivity index (χ0v) is 14.5. The lowest BCUT2D eigenvalue weighted by molar-refractivity contribution is 0.727. The molecular weight excluding hydrogens is 288 g/mol. The van der Waals surface area contributed by atoms with E-state index >= 15 is 0 Å². The van der Waals surface area contributed by atoms with E-state index in [1.807, 2.05) is 29.4 Å². The second-order valence-corrected chi connectivity index (χ2v) is 5.98. The number of nitrogens with zero attached hydrogens (tertiary/aromatic N) is 5. The van der Waals surface area contributed by atoms with Crippen LogP contribution in [0, 0.1) is 13.8 Å². The number of hydrogen-bond donors (Lipinski definition) is 1. The summed E-state index contributed by atoms with van der Waals surface area (Å²) in [6.45, 7) is 8.40. The van der Waals surface area contributed by atoms with E-state index < -0.39 is 0 Å². The van der Waals surface area contributed by atoms with Crippen molar-refractivity contribution in [3.05, 3.63) is 41.0 Å². The third kappa shape index (κ3) is 2.81. The monoisotopic (exact) mass is 312 g/mol. The topological polar surface area (TPSA) is 60.0 Å². The molecule has 0 aromatic carbocycles. The van der Waals surface area contributed by atoms with Crippen molar-refractivity contribution >= 4 is 11.5 Å². The molecule has 1 N–H and O–H groups in total. The van der Waals surface area contributed by atoms with Crippen LogP contribution in [0.4, 0.5) is 5.82 Å². The molecule has 0 aliphatic carbocycles. The number of aryl methyl sites for hydroxylation is 4. The van der Waals surface area contributed by atoms with Gasteiger partial charge in [0.05, 0.1) is 17.9 Å². The minimum atomic E-state index is 0.198. The Morgan fingerprint density at radius 3 is 2.65 bits per heavy atom. The molecule has 6 nitrogen and oxygen atoms in total. The lowest BCUT2D eigenvalue weighted by atomic mass is 10.1. The Morgan fingerprint density at radius 2 is 2.04 bits per heavy atom. The number of fused-ring (bicyclic) bond motifs is 1. The third-order valence-electron chi connectivity index (χ3n) is 4.33. The average Bonchev–Trinajstić information content (AvgIpc) is 3.09.